The van der Waals surface area contributed by atoms with Gasteiger partial charge in [-0.15, -0.1) is 12.4 Å². The van der Waals surface area contributed by atoms with Crippen molar-refractivity contribution in [2.24, 2.45) is 11.1 Å². The summed E-state index contributed by atoms with van der Waals surface area (Å²) in [6.07, 6.45) is 1.95. The first kappa shape index (κ1) is 18.9. The molecule has 4 nitrogen and oxygen atoms in total. The van der Waals surface area contributed by atoms with Crippen LogP contribution < -0.4 is 11.1 Å². The number of benzene rings is 1. The Bertz CT molecular complexity index is 468. The van der Waals surface area contributed by atoms with E-state index < -0.39 is 0 Å². The number of nitrogens with zero attached hydrogens (tertiary/aromatic N) is 1. The van der Waals surface area contributed by atoms with Crippen molar-refractivity contribution >= 4 is 18.3 Å². The van der Waals surface area contributed by atoms with Crippen LogP contribution in [0.1, 0.15) is 25.8 Å². The average Bonchev–Trinajstić information content (AvgIpc) is 2.91. The molecule has 5 heteroatoms. The molecule has 0 saturated carbocycles. The van der Waals surface area contributed by atoms with E-state index in [1.807, 2.05) is 25.1 Å². The molecule has 0 aliphatic carbocycles. The van der Waals surface area contributed by atoms with E-state index in [0.717, 1.165) is 25.9 Å². The van der Waals surface area contributed by atoms with Crippen LogP contribution in [0, 0.1) is 5.41 Å². The molecule has 2 unspecified atom stereocenters. The van der Waals surface area contributed by atoms with Crippen molar-refractivity contribution in [2.45, 2.75) is 32.7 Å². The number of nitrogens with two attached hydrogens (primary N) is 1. The fourth-order valence-electron chi connectivity index (χ4n) is 2.85. The van der Waals surface area contributed by atoms with Crippen LogP contribution in [0.25, 0.3) is 0 Å². The van der Waals surface area contributed by atoms with Gasteiger partial charge in [0, 0.05) is 13.1 Å². The summed E-state index contributed by atoms with van der Waals surface area (Å²) in [5.41, 5.74) is 7.24. The smallest absolute Gasteiger partial charge is 0.237 e. The number of likely N-dealkylation sites (tertiary alicyclic amines) is 1. The third-order valence-electron chi connectivity index (χ3n) is 4.56. The number of carbonyl (C=O) groups excluding carboxylic acids is 1. The number of rotatable bonds is 6. The highest BCUT2D eigenvalue weighted by molar-refractivity contribution is 5.85. The lowest BCUT2D eigenvalue weighted by atomic mass is 9.90. The van der Waals surface area contributed by atoms with Crippen LogP contribution in [0.4, 0.5) is 0 Å². The van der Waals surface area contributed by atoms with Crippen molar-refractivity contribution in [3.63, 3.8) is 0 Å². The van der Waals surface area contributed by atoms with Gasteiger partial charge in [0.05, 0.1) is 6.04 Å². The van der Waals surface area contributed by atoms with Gasteiger partial charge < -0.3 is 11.1 Å². The Morgan fingerprint density at radius 2 is 2.09 bits per heavy atom. The molecule has 1 saturated heterocycles. The fraction of sp³-hybridized carbons (Fsp3) is 0.588. The van der Waals surface area contributed by atoms with Crippen molar-refractivity contribution in [3.05, 3.63) is 35.9 Å². The highest BCUT2D eigenvalue weighted by atomic mass is 35.5. The molecular formula is C17H28ClN3O. The number of hydrogen-bond donors (Lipinski definition) is 2. The zero-order valence-corrected chi connectivity index (χ0v) is 14.4. The monoisotopic (exact) mass is 325 g/mol. The molecule has 2 rings (SSSR count). The number of carbonyl (C=O) groups is 1. The van der Waals surface area contributed by atoms with Crippen molar-refractivity contribution < 1.29 is 4.79 Å². The zero-order valence-electron chi connectivity index (χ0n) is 13.5. The second-order valence-electron chi connectivity index (χ2n) is 6.44. The van der Waals surface area contributed by atoms with Crippen LogP contribution in [-0.2, 0) is 11.2 Å². The van der Waals surface area contributed by atoms with E-state index in [2.05, 4.69) is 29.3 Å². The first-order valence-electron chi connectivity index (χ1n) is 7.80. The Hall–Kier alpha value is -1.10. The number of halogens is 1. The summed E-state index contributed by atoms with van der Waals surface area (Å²) in [5, 5.41) is 3.04. The Morgan fingerprint density at radius 3 is 2.68 bits per heavy atom. The molecule has 2 atom stereocenters. The first-order valence-corrected chi connectivity index (χ1v) is 7.80. The molecule has 0 spiro atoms. The molecule has 1 amide bonds. The topological polar surface area (TPSA) is 58.4 Å². The van der Waals surface area contributed by atoms with Gasteiger partial charge in [0.1, 0.15) is 0 Å². The Morgan fingerprint density at radius 1 is 1.41 bits per heavy atom. The van der Waals surface area contributed by atoms with E-state index in [-0.39, 0.29) is 29.8 Å². The molecule has 22 heavy (non-hydrogen) atoms. The normalized spacial score (nSPS) is 22.9. The second-order valence-corrected chi connectivity index (χ2v) is 6.44. The lowest BCUT2D eigenvalue weighted by molar-refractivity contribution is -0.125. The predicted octanol–water partition coefficient (Wildman–Crippen LogP) is 1.83. The molecule has 0 radical (unpaired) electrons. The largest absolute Gasteiger partial charge is 0.354 e. The third kappa shape index (κ3) is 4.97. The van der Waals surface area contributed by atoms with Gasteiger partial charge in [0.15, 0.2) is 0 Å². The van der Waals surface area contributed by atoms with Crippen molar-refractivity contribution in [2.75, 3.05) is 26.2 Å². The summed E-state index contributed by atoms with van der Waals surface area (Å²) < 4.78 is 0. The van der Waals surface area contributed by atoms with Crippen LogP contribution in [-0.4, -0.2) is 43.0 Å². The maximum absolute atomic E-state index is 12.2. The molecule has 3 N–H and O–H groups in total. The quantitative estimate of drug-likeness (QED) is 0.839. The lowest BCUT2D eigenvalue weighted by Crippen LogP contribution is -2.45. The van der Waals surface area contributed by atoms with E-state index in [9.17, 15) is 4.79 Å². The van der Waals surface area contributed by atoms with Gasteiger partial charge in [-0.3, -0.25) is 9.69 Å². The van der Waals surface area contributed by atoms with Gasteiger partial charge in [-0.25, -0.2) is 0 Å². The van der Waals surface area contributed by atoms with Gasteiger partial charge >= 0.3 is 0 Å². The van der Waals surface area contributed by atoms with Crippen molar-refractivity contribution in [1.82, 2.24) is 10.2 Å². The molecular weight excluding hydrogens is 298 g/mol. The highest BCUT2D eigenvalue weighted by Gasteiger charge is 2.36. The van der Waals surface area contributed by atoms with E-state index in [4.69, 9.17) is 5.73 Å². The van der Waals surface area contributed by atoms with Gasteiger partial charge in [0.25, 0.3) is 0 Å². The SMILES string of the molecule is CC(C(=O)NCCc1ccccc1)N1CCC(C)(CN)C1.Cl. The second kappa shape index (κ2) is 8.51. The number of amides is 1. The van der Waals surface area contributed by atoms with Crippen molar-refractivity contribution in [1.29, 1.82) is 0 Å². The van der Waals surface area contributed by atoms with Crippen LogP contribution in [0.2, 0.25) is 0 Å². The molecule has 0 bridgehead atoms. The Balaban J connectivity index is 0.00000242. The summed E-state index contributed by atoms with van der Waals surface area (Å²) in [5.74, 6) is 0.118. The van der Waals surface area contributed by atoms with E-state index in [0.29, 0.717) is 13.1 Å². The predicted molar refractivity (Wildman–Crippen MR) is 93.2 cm³/mol. The number of hydrogen-bond acceptors (Lipinski definition) is 3. The van der Waals surface area contributed by atoms with Gasteiger partial charge in [-0.05, 0) is 43.8 Å². The Kier molecular flexibility index (Phi) is 7.33. The molecule has 1 heterocycles. The summed E-state index contributed by atoms with van der Waals surface area (Å²) in [6, 6.07) is 10.2. The lowest BCUT2D eigenvalue weighted by Gasteiger charge is -2.26. The minimum absolute atomic E-state index is 0. The Labute approximate surface area is 139 Å². The maximum atomic E-state index is 12.2. The molecule has 0 aromatic heterocycles. The van der Waals surface area contributed by atoms with Crippen molar-refractivity contribution in [3.8, 4) is 0 Å². The van der Waals surface area contributed by atoms with E-state index in [1.54, 1.807) is 0 Å². The van der Waals surface area contributed by atoms with Crippen LogP contribution in [0.15, 0.2) is 30.3 Å². The van der Waals surface area contributed by atoms with E-state index >= 15 is 0 Å². The van der Waals surface area contributed by atoms with Crippen LogP contribution in [0.3, 0.4) is 0 Å². The van der Waals surface area contributed by atoms with Gasteiger partial charge in [-0.1, -0.05) is 37.3 Å². The standard InChI is InChI=1S/C17H27N3O.ClH/c1-14(20-11-9-17(2,12-18)13-20)16(21)19-10-8-15-6-4-3-5-7-15;/h3-7,14H,8-13,18H2,1-2H3,(H,19,21);1H. The van der Waals surface area contributed by atoms with Crippen LogP contribution >= 0.6 is 12.4 Å². The summed E-state index contributed by atoms with van der Waals surface area (Å²) >= 11 is 0. The molecule has 124 valence electrons. The molecule has 1 aromatic carbocycles. The molecule has 1 aliphatic rings. The number of nitrogens with one attached hydrogen (secondary N) is 1. The molecule has 1 aromatic rings. The highest BCUT2D eigenvalue weighted by Crippen LogP contribution is 2.29. The minimum Gasteiger partial charge on any atom is -0.354 e. The van der Waals surface area contributed by atoms with Gasteiger partial charge in [-0.2, -0.15) is 0 Å². The van der Waals surface area contributed by atoms with E-state index in [1.165, 1.54) is 5.56 Å². The summed E-state index contributed by atoms with van der Waals surface area (Å²) in [6.45, 7) is 7.44. The molecule has 1 fully saturated rings. The fourth-order valence-corrected chi connectivity index (χ4v) is 2.85. The molecule has 1 aliphatic heterocycles. The summed E-state index contributed by atoms with van der Waals surface area (Å²) in [4.78, 5) is 14.5. The zero-order chi connectivity index (χ0) is 15.3. The van der Waals surface area contributed by atoms with Gasteiger partial charge in [0.2, 0.25) is 5.91 Å². The van der Waals surface area contributed by atoms with Crippen LogP contribution in [0.5, 0.6) is 0 Å². The summed E-state index contributed by atoms with van der Waals surface area (Å²) in [7, 11) is 0. The minimum atomic E-state index is -0.0749. The average molecular weight is 326 g/mol. The first-order chi connectivity index (χ1) is 10.0. The third-order valence-corrected chi connectivity index (χ3v) is 4.56. The maximum Gasteiger partial charge on any atom is 0.237 e.